The first-order valence-corrected chi connectivity index (χ1v) is 6.82. The van der Waals surface area contributed by atoms with E-state index in [1.807, 2.05) is 24.3 Å². The maximum absolute atomic E-state index is 12.0. The van der Waals surface area contributed by atoms with E-state index in [2.05, 4.69) is 31.5 Å². The Hall–Kier alpha value is -2.02. The molecule has 0 saturated carbocycles. The van der Waals surface area contributed by atoms with E-state index in [-0.39, 0.29) is 12.5 Å². The molecule has 0 aliphatic carbocycles. The topological polar surface area (TPSA) is 69.9 Å². The molecule has 0 bridgehead atoms. The van der Waals surface area contributed by atoms with E-state index in [4.69, 9.17) is 4.74 Å². The summed E-state index contributed by atoms with van der Waals surface area (Å²) in [7, 11) is 0. The third kappa shape index (κ3) is 3.99. The lowest BCUT2D eigenvalue weighted by Gasteiger charge is -2.06. The van der Waals surface area contributed by atoms with Crippen molar-refractivity contribution >= 4 is 28.0 Å². The van der Waals surface area contributed by atoms with Crippen LogP contribution in [0.25, 0.3) is 6.08 Å². The highest BCUT2D eigenvalue weighted by molar-refractivity contribution is 9.10. The van der Waals surface area contributed by atoms with Crippen molar-refractivity contribution in [3.05, 3.63) is 46.2 Å². The molecule has 0 radical (unpaired) electrons. The van der Waals surface area contributed by atoms with Crippen LogP contribution in [0.15, 0.2) is 40.6 Å². The molecular weight excluding hydrogens is 324 g/mol. The number of benzene rings is 1. The van der Waals surface area contributed by atoms with E-state index in [1.54, 1.807) is 13.0 Å². The predicted octanol–water partition coefficient (Wildman–Crippen LogP) is 2.08. The molecule has 0 spiro atoms. The number of halogens is 1. The van der Waals surface area contributed by atoms with Gasteiger partial charge in [-0.25, -0.2) is 9.48 Å². The van der Waals surface area contributed by atoms with Gasteiger partial charge in [0.2, 0.25) is 0 Å². The Morgan fingerprint density at radius 1 is 1.40 bits per heavy atom. The van der Waals surface area contributed by atoms with Crippen LogP contribution in [0.3, 0.4) is 0 Å². The van der Waals surface area contributed by atoms with Crippen LogP contribution in [0.1, 0.15) is 12.5 Å². The SMILES string of the molecule is CCOC(=O)/C(=C/c1ccc(Br)cc1)Cn1cnnn1. The van der Waals surface area contributed by atoms with Gasteiger partial charge in [0.05, 0.1) is 18.7 Å². The van der Waals surface area contributed by atoms with Crippen molar-refractivity contribution in [3.63, 3.8) is 0 Å². The number of esters is 1. The second-order valence-corrected chi connectivity index (χ2v) is 4.86. The molecule has 20 heavy (non-hydrogen) atoms. The molecule has 2 aromatic rings. The van der Waals surface area contributed by atoms with Gasteiger partial charge in [-0.3, -0.25) is 0 Å². The number of aromatic nitrogens is 4. The van der Waals surface area contributed by atoms with Crippen LogP contribution in [-0.2, 0) is 16.1 Å². The summed E-state index contributed by atoms with van der Waals surface area (Å²) in [5, 5.41) is 10.8. The molecule has 0 amide bonds. The van der Waals surface area contributed by atoms with E-state index < -0.39 is 0 Å². The van der Waals surface area contributed by atoms with E-state index in [9.17, 15) is 4.79 Å². The Labute approximate surface area is 124 Å². The monoisotopic (exact) mass is 336 g/mol. The number of rotatable bonds is 5. The normalized spacial score (nSPS) is 11.4. The summed E-state index contributed by atoms with van der Waals surface area (Å²) in [5.41, 5.74) is 1.39. The quantitative estimate of drug-likeness (QED) is 0.617. The molecule has 104 valence electrons. The molecule has 6 nitrogen and oxygen atoms in total. The van der Waals surface area contributed by atoms with Crippen molar-refractivity contribution in [1.29, 1.82) is 0 Å². The Morgan fingerprint density at radius 3 is 2.75 bits per heavy atom. The third-order valence-electron chi connectivity index (χ3n) is 2.47. The zero-order valence-electron chi connectivity index (χ0n) is 10.9. The van der Waals surface area contributed by atoms with Gasteiger partial charge >= 0.3 is 5.97 Å². The van der Waals surface area contributed by atoms with Gasteiger partial charge < -0.3 is 4.74 Å². The van der Waals surface area contributed by atoms with Gasteiger partial charge in [-0.15, -0.1) is 5.10 Å². The predicted molar refractivity (Wildman–Crippen MR) is 76.6 cm³/mol. The number of hydrogen-bond acceptors (Lipinski definition) is 5. The third-order valence-corrected chi connectivity index (χ3v) is 3.00. The van der Waals surface area contributed by atoms with E-state index in [1.165, 1.54) is 11.0 Å². The zero-order valence-corrected chi connectivity index (χ0v) is 12.4. The number of hydrogen-bond donors (Lipinski definition) is 0. The van der Waals surface area contributed by atoms with E-state index in [0.29, 0.717) is 12.2 Å². The molecule has 0 aliphatic heterocycles. The largest absolute Gasteiger partial charge is 0.463 e. The Balaban J connectivity index is 2.25. The molecule has 0 aliphatic rings. The molecule has 0 saturated heterocycles. The van der Waals surface area contributed by atoms with Gasteiger partial charge in [0.15, 0.2) is 0 Å². The smallest absolute Gasteiger partial charge is 0.335 e. The van der Waals surface area contributed by atoms with Crippen molar-refractivity contribution in [2.24, 2.45) is 0 Å². The molecule has 0 fully saturated rings. The van der Waals surface area contributed by atoms with Crippen molar-refractivity contribution in [3.8, 4) is 0 Å². The molecule has 0 N–H and O–H groups in total. The highest BCUT2D eigenvalue weighted by atomic mass is 79.9. The molecule has 1 aromatic carbocycles. The number of ether oxygens (including phenoxy) is 1. The van der Waals surface area contributed by atoms with Gasteiger partial charge in [0.1, 0.15) is 6.33 Å². The lowest BCUT2D eigenvalue weighted by molar-refractivity contribution is -0.138. The van der Waals surface area contributed by atoms with Gasteiger partial charge in [-0.05, 0) is 41.1 Å². The molecule has 1 aromatic heterocycles. The van der Waals surface area contributed by atoms with Crippen molar-refractivity contribution < 1.29 is 9.53 Å². The number of tetrazole rings is 1. The summed E-state index contributed by atoms with van der Waals surface area (Å²) < 4.78 is 7.50. The first-order chi connectivity index (χ1) is 9.69. The second-order valence-electron chi connectivity index (χ2n) is 3.95. The van der Waals surface area contributed by atoms with Crippen LogP contribution < -0.4 is 0 Å². The summed E-state index contributed by atoms with van der Waals surface area (Å²) in [6.45, 7) is 2.36. The summed E-state index contributed by atoms with van der Waals surface area (Å²) in [4.78, 5) is 12.0. The van der Waals surface area contributed by atoms with E-state index in [0.717, 1.165) is 10.0 Å². The first-order valence-electron chi connectivity index (χ1n) is 6.03. The van der Waals surface area contributed by atoms with Crippen molar-refractivity contribution in [1.82, 2.24) is 20.2 Å². The van der Waals surface area contributed by atoms with Crippen LogP contribution >= 0.6 is 15.9 Å². The van der Waals surface area contributed by atoms with E-state index >= 15 is 0 Å². The van der Waals surface area contributed by atoms with Gasteiger partial charge in [-0.1, -0.05) is 28.1 Å². The fourth-order valence-electron chi connectivity index (χ4n) is 1.58. The van der Waals surface area contributed by atoms with Crippen LogP contribution in [0.4, 0.5) is 0 Å². The maximum atomic E-state index is 12.0. The molecule has 1 heterocycles. The number of carbonyl (C=O) groups excluding carboxylic acids is 1. The van der Waals surface area contributed by atoms with Gasteiger partial charge in [-0.2, -0.15) is 0 Å². The minimum Gasteiger partial charge on any atom is -0.463 e. The zero-order chi connectivity index (χ0) is 14.4. The number of nitrogens with zero attached hydrogens (tertiary/aromatic N) is 4. The fraction of sp³-hybridized carbons (Fsp3) is 0.231. The van der Waals surface area contributed by atoms with Crippen LogP contribution in [0.2, 0.25) is 0 Å². The fourth-order valence-corrected chi connectivity index (χ4v) is 1.84. The lowest BCUT2D eigenvalue weighted by atomic mass is 10.1. The van der Waals surface area contributed by atoms with Crippen LogP contribution in [0, 0.1) is 0 Å². The van der Waals surface area contributed by atoms with Gasteiger partial charge in [0, 0.05) is 4.47 Å². The molecule has 0 atom stereocenters. The molecule has 0 unspecified atom stereocenters. The second kappa shape index (κ2) is 6.95. The molecular formula is C13H13BrN4O2. The maximum Gasteiger partial charge on any atom is 0.335 e. The lowest BCUT2D eigenvalue weighted by Crippen LogP contribution is -2.13. The van der Waals surface area contributed by atoms with Crippen molar-refractivity contribution in [2.75, 3.05) is 6.61 Å². The van der Waals surface area contributed by atoms with Crippen molar-refractivity contribution in [2.45, 2.75) is 13.5 Å². The Morgan fingerprint density at radius 2 is 2.15 bits per heavy atom. The Kier molecular flexibility index (Phi) is 5.00. The summed E-state index contributed by atoms with van der Waals surface area (Å²) >= 11 is 3.37. The highest BCUT2D eigenvalue weighted by Crippen LogP contribution is 2.14. The van der Waals surface area contributed by atoms with Gasteiger partial charge in [0.25, 0.3) is 0 Å². The minimum atomic E-state index is -0.370. The van der Waals surface area contributed by atoms with Crippen LogP contribution in [0.5, 0.6) is 0 Å². The van der Waals surface area contributed by atoms with Crippen LogP contribution in [-0.4, -0.2) is 32.8 Å². The standard InChI is InChI=1S/C13H13BrN4O2/c1-2-20-13(19)11(8-18-9-15-16-17-18)7-10-3-5-12(14)6-4-10/h3-7,9H,2,8H2,1H3/b11-7+. The summed E-state index contributed by atoms with van der Waals surface area (Å²) in [6.07, 6.45) is 3.22. The average molecular weight is 337 g/mol. The molecule has 7 heteroatoms. The number of carbonyl (C=O) groups is 1. The Bertz CT molecular complexity index is 593. The first kappa shape index (κ1) is 14.4. The molecule has 2 rings (SSSR count). The highest BCUT2D eigenvalue weighted by Gasteiger charge is 2.12. The summed E-state index contributed by atoms with van der Waals surface area (Å²) in [6, 6.07) is 7.63. The average Bonchev–Trinajstić information content (AvgIpc) is 2.94. The summed E-state index contributed by atoms with van der Waals surface area (Å²) in [5.74, 6) is -0.370. The minimum absolute atomic E-state index is 0.266.